The number of amides is 1. The predicted octanol–water partition coefficient (Wildman–Crippen LogP) is 3.20. The highest BCUT2D eigenvalue weighted by molar-refractivity contribution is 9.10. The van der Waals surface area contributed by atoms with Crippen LogP contribution in [0.1, 0.15) is 45.2 Å². The highest BCUT2D eigenvalue weighted by Crippen LogP contribution is 2.25. The molecule has 0 fully saturated rings. The Bertz CT molecular complexity index is 522. The Morgan fingerprint density at radius 2 is 2.05 bits per heavy atom. The zero-order valence-corrected chi connectivity index (χ0v) is 14.9. The summed E-state index contributed by atoms with van der Waals surface area (Å²) in [5.74, 6) is 0.0732. The van der Waals surface area contributed by atoms with Crippen molar-refractivity contribution in [2.75, 3.05) is 0 Å². The number of fused-ring (bicyclic) bond motifs is 1. The van der Waals surface area contributed by atoms with Crippen molar-refractivity contribution in [3.63, 3.8) is 0 Å². The molecule has 116 valence electrons. The molecule has 0 heterocycles. The lowest BCUT2D eigenvalue weighted by Crippen LogP contribution is -2.52. The van der Waals surface area contributed by atoms with E-state index in [9.17, 15) is 4.79 Å². The maximum Gasteiger partial charge on any atom is 0.237 e. The quantitative estimate of drug-likeness (QED) is 0.876. The zero-order valence-electron chi connectivity index (χ0n) is 13.3. The second-order valence-corrected chi connectivity index (χ2v) is 7.90. The fourth-order valence-corrected chi connectivity index (χ4v) is 3.18. The monoisotopic (exact) mass is 352 g/mol. The molecule has 0 spiro atoms. The second-order valence-electron chi connectivity index (χ2n) is 6.98. The molecule has 2 rings (SSSR count). The van der Waals surface area contributed by atoms with Gasteiger partial charge in [0.15, 0.2) is 0 Å². The summed E-state index contributed by atoms with van der Waals surface area (Å²) in [6.45, 7) is 7.96. The van der Waals surface area contributed by atoms with Crippen LogP contribution in [0.2, 0.25) is 0 Å². The molecule has 0 saturated carbocycles. The Hall–Kier alpha value is -0.870. The molecule has 1 aliphatic rings. The maximum atomic E-state index is 12.1. The number of halogens is 1. The summed E-state index contributed by atoms with van der Waals surface area (Å²) in [5.41, 5.74) is 2.64. The van der Waals surface area contributed by atoms with Crippen molar-refractivity contribution in [1.29, 1.82) is 0 Å². The molecule has 4 heteroatoms. The molecule has 2 unspecified atom stereocenters. The third kappa shape index (κ3) is 4.82. The molecule has 0 saturated heterocycles. The smallest absolute Gasteiger partial charge is 0.237 e. The molecule has 0 aliphatic heterocycles. The molecule has 0 bridgehead atoms. The Morgan fingerprint density at radius 3 is 2.71 bits per heavy atom. The molecular weight excluding hydrogens is 328 g/mol. The van der Waals surface area contributed by atoms with Crippen LogP contribution in [0.3, 0.4) is 0 Å². The second kappa shape index (κ2) is 6.49. The highest BCUT2D eigenvalue weighted by atomic mass is 79.9. The minimum atomic E-state index is -0.182. The van der Waals surface area contributed by atoms with Crippen molar-refractivity contribution in [3.8, 4) is 0 Å². The first-order chi connectivity index (χ1) is 9.74. The van der Waals surface area contributed by atoms with Gasteiger partial charge >= 0.3 is 0 Å². The zero-order chi connectivity index (χ0) is 15.6. The first-order valence-corrected chi connectivity index (χ1v) is 8.39. The number of benzene rings is 1. The number of hydrogen-bond donors (Lipinski definition) is 2. The lowest BCUT2D eigenvalue weighted by molar-refractivity contribution is -0.124. The van der Waals surface area contributed by atoms with Crippen LogP contribution in [0.5, 0.6) is 0 Å². The van der Waals surface area contributed by atoms with E-state index in [1.54, 1.807) is 0 Å². The molecule has 0 radical (unpaired) electrons. The van der Waals surface area contributed by atoms with Crippen LogP contribution in [0.25, 0.3) is 0 Å². The molecule has 1 amide bonds. The number of carbonyl (C=O) groups is 1. The van der Waals surface area contributed by atoms with Crippen LogP contribution < -0.4 is 10.6 Å². The third-order valence-electron chi connectivity index (χ3n) is 3.77. The molecule has 1 aromatic rings. The van der Waals surface area contributed by atoms with Crippen LogP contribution in [0.4, 0.5) is 0 Å². The van der Waals surface area contributed by atoms with Crippen LogP contribution in [-0.4, -0.2) is 23.5 Å². The number of aryl methyl sites for hydroxylation is 1. The molecule has 3 nitrogen and oxygen atoms in total. The lowest BCUT2D eigenvalue weighted by Gasteiger charge is -2.30. The fraction of sp³-hybridized carbons (Fsp3) is 0.588. The van der Waals surface area contributed by atoms with Gasteiger partial charge in [-0.25, -0.2) is 0 Å². The SMILES string of the molecule is CC(NC1CCc2cc(Br)ccc2C1)C(=O)NC(C)(C)C. The number of carbonyl (C=O) groups excluding carboxylic acids is 1. The van der Waals surface area contributed by atoms with E-state index in [4.69, 9.17) is 0 Å². The van der Waals surface area contributed by atoms with Crippen LogP contribution in [0.15, 0.2) is 22.7 Å². The average Bonchev–Trinajstić information content (AvgIpc) is 2.37. The summed E-state index contributed by atoms with van der Waals surface area (Å²) in [4.78, 5) is 12.1. The molecule has 2 N–H and O–H groups in total. The summed E-state index contributed by atoms with van der Waals surface area (Å²) >= 11 is 3.52. The van der Waals surface area contributed by atoms with Gasteiger partial charge < -0.3 is 10.6 Å². The van der Waals surface area contributed by atoms with Gasteiger partial charge in [-0.2, -0.15) is 0 Å². The Morgan fingerprint density at radius 1 is 1.33 bits per heavy atom. The Labute approximate surface area is 136 Å². The number of hydrogen-bond acceptors (Lipinski definition) is 2. The normalized spacial score (nSPS) is 19.8. The van der Waals surface area contributed by atoms with Crippen molar-refractivity contribution in [3.05, 3.63) is 33.8 Å². The minimum Gasteiger partial charge on any atom is -0.350 e. The van der Waals surface area contributed by atoms with E-state index in [0.29, 0.717) is 6.04 Å². The van der Waals surface area contributed by atoms with E-state index in [1.807, 2.05) is 27.7 Å². The van der Waals surface area contributed by atoms with E-state index < -0.39 is 0 Å². The van der Waals surface area contributed by atoms with Crippen molar-refractivity contribution in [1.82, 2.24) is 10.6 Å². The van der Waals surface area contributed by atoms with Crippen LogP contribution in [0, 0.1) is 0 Å². The molecule has 21 heavy (non-hydrogen) atoms. The first-order valence-electron chi connectivity index (χ1n) is 7.60. The van der Waals surface area contributed by atoms with Gasteiger partial charge in [-0.05, 0) is 70.2 Å². The van der Waals surface area contributed by atoms with Crippen LogP contribution >= 0.6 is 15.9 Å². The third-order valence-corrected chi connectivity index (χ3v) is 4.27. The maximum absolute atomic E-state index is 12.1. The predicted molar refractivity (Wildman–Crippen MR) is 90.4 cm³/mol. The van der Waals surface area contributed by atoms with E-state index in [-0.39, 0.29) is 17.5 Å². The van der Waals surface area contributed by atoms with Gasteiger partial charge in [0.25, 0.3) is 0 Å². The highest BCUT2D eigenvalue weighted by Gasteiger charge is 2.24. The lowest BCUT2D eigenvalue weighted by atomic mass is 9.88. The largest absolute Gasteiger partial charge is 0.350 e. The van der Waals surface area contributed by atoms with E-state index in [2.05, 4.69) is 44.8 Å². The summed E-state index contributed by atoms with van der Waals surface area (Å²) in [7, 11) is 0. The van der Waals surface area contributed by atoms with E-state index in [1.165, 1.54) is 11.1 Å². The van der Waals surface area contributed by atoms with Crippen molar-refractivity contribution in [2.24, 2.45) is 0 Å². The Kier molecular flexibility index (Phi) is 5.10. The van der Waals surface area contributed by atoms with Gasteiger partial charge in [0, 0.05) is 16.1 Å². The molecule has 1 aromatic carbocycles. The van der Waals surface area contributed by atoms with Gasteiger partial charge in [-0.1, -0.05) is 22.0 Å². The van der Waals surface area contributed by atoms with Crippen molar-refractivity contribution < 1.29 is 4.79 Å². The standard InChI is InChI=1S/C17H25BrN2O/c1-11(16(21)20-17(2,3)4)19-15-8-6-12-9-14(18)7-5-13(12)10-15/h5,7,9,11,15,19H,6,8,10H2,1-4H3,(H,20,21). The van der Waals surface area contributed by atoms with Gasteiger partial charge in [-0.3, -0.25) is 4.79 Å². The summed E-state index contributed by atoms with van der Waals surface area (Å²) < 4.78 is 1.14. The fourth-order valence-electron chi connectivity index (χ4n) is 2.77. The van der Waals surface area contributed by atoms with Gasteiger partial charge in [-0.15, -0.1) is 0 Å². The number of nitrogens with one attached hydrogen (secondary N) is 2. The van der Waals surface area contributed by atoms with Crippen LogP contribution in [-0.2, 0) is 17.6 Å². The van der Waals surface area contributed by atoms with Gasteiger partial charge in [0.05, 0.1) is 6.04 Å². The summed E-state index contributed by atoms with van der Waals surface area (Å²) in [5, 5.41) is 6.50. The molecule has 1 aliphatic carbocycles. The minimum absolute atomic E-state index is 0.0732. The topological polar surface area (TPSA) is 41.1 Å². The summed E-state index contributed by atoms with van der Waals surface area (Å²) in [6, 6.07) is 6.70. The molecule has 0 aromatic heterocycles. The van der Waals surface area contributed by atoms with Crippen molar-refractivity contribution >= 4 is 21.8 Å². The van der Waals surface area contributed by atoms with Gasteiger partial charge in [0.2, 0.25) is 5.91 Å². The number of rotatable bonds is 3. The molecular formula is C17H25BrN2O. The van der Waals surface area contributed by atoms with E-state index >= 15 is 0 Å². The summed E-state index contributed by atoms with van der Waals surface area (Å²) in [6.07, 6.45) is 3.15. The van der Waals surface area contributed by atoms with Crippen molar-refractivity contribution in [2.45, 2.75) is 64.6 Å². The Balaban J connectivity index is 1.93. The average molecular weight is 353 g/mol. The first kappa shape index (κ1) is 16.5. The molecule has 2 atom stereocenters. The van der Waals surface area contributed by atoms with E-state index in [0.717, 1.165) is 23.7 Å². The van der Waals surface area contributed by atoms with Gasteiger partial charge in [0.1, 0.15) is 0 Å².